The maximum atomic E-state index is 11.7. The van der Waals surface area contributed by atoms with Crippen molar-refractivity contribution in [2.45, 2.75) is 25.8 Å². The molecule has 100 valence electrons. The molecule has 1 aromatic heterocycles. The van der Waals surface area contributed by atoms with Crippen molar-refractivity contribution in [1.29, 1.82) is 0 Å². The summed E-state index contributed by atoms with van der Waals surface area (Å²) in [6, 6.07) is 7.72. The molecule has 4 nitrogen and oxygen atoms in total. The molecule has 1 saturated heterocycles. The third kappa shape index (κ3) is 2.68. The molecule has 3 rings (SSSR count). The Hall–Kier alpha value is -1.68. The molecule has 0 aliphatic carbocycles. The van der Waals surface area contributed by atoms with Crippen LogP contribution >= 0.6 is 0 Å². The third-order valence-corrected chi connectivity index (χ3v) is 4.00. The number of hydrogen-bond acceptors (Lipinski definition) is 3. The minimum Gasteiger partial charge on any atom is -0.332 e. The summed E-state index contributed by atoms with van der Waals surface area (Å²) in [4.78, 5) is 15.7. The van der Waals surface area contributed by atoms with Gasteiger partial charge in [-0.2, -0.15) is 4.98 Å². The molecule has 1 fully saturated rings. The maximum absolute atomic E-state index is 11.7. The lowest BCUT2D eigenvalue weighted by Gasteiger charge is -2.23. The number of rotatable bonds is 3. The van der Waals surface area contributed by atoms with Crippen molar-refractivity contribution >= 4 is 10.9 Å². The molecule has 19 heavy (non-hydrogen) atoms. The Kier molecular flexibility index (Phi) is 3.60. The van der Waals surface area contributed by atoms with Gasteiger partial charge in [0.05, 0.1) is 17.2 Å². The SMILES string of the molecule is O=c1ncn(CCC2CCNCC2)c2ccccc12. The number of piperidine rings is 1. The monoisotopic (exact) mass is 257 g/mol. The van der Waals surface area contributed by atoms with Crippen LogP contribution < -0.4 is 10.9 Å². The van der Waals surface area contributed by atoms with E-state index in [-0.39, 0.29) is 5.56 Å². The predicted molar refractivity (Wildman–Crippen MR) is 76.2 cm³/mol. The summed E-state index contributed by atoms with van der Waals surface area (Å²) in [5, 5.41) is 4.11. The van der Waals surface area contributed by atoms with Gasteiger partial charge >= 0.3 is 0 Å². The van der Waals surface area contributed by atoms with E-state index in [9.17, 15) is 4.79 Å². The molecule has 0 radical (unpaired) electrons. The fourth-order valence-electron chi connectivity index (χ4n) is 2.83. The number of fused-ring (bicyclic) bond motifs is 1. The van der Waals surface area contributed by atoms with Crippen LogP contribution in [0.5, 0.6) is 0 Å². The number of aromatic nitrogens is 2. The van der Waals surface area contributed by atoms with Crippen LogP contribution in [0.1, 0.15) is 19.3 Å². The van der Waals surface area contributed by atoms with Gasteiger partial charge in [0, 0.05) is 6.54 Å². The normalized spacial score (nSPS) is 16.8. The highest BCUT2D eigenvalue weighted by Crippen LogP contribution is 2.18. The largest absolute Gasteiger partial charge is 0.332 e. The summed E-state index contributed by atoms with van der Waals surface area (Å²) in [6.45, 7) is 3.21. The third-order valence-electron chi connectivity index (χ3n) is 4.00. The molecule has 2 heterocycles. The highest BCUT2D eigenvalue weighted by atomic mass is 16.1. The Morgan fingerprint density at radius 3 is 2.89 bits per heavy atom. The van der Waals surface area contributed by atoms with Gasteiger partial charge in [0.2, 0.25) is 0 Å². The van der Waals surface area contributed by atoms with Gasteiger partial charge in [-0.3, -0.25) is 4.79 Å². The average molecular weight is 257 g/mol. The van der Waals surface area contributed by atoms with Gasteiger partial charge in [0.25, 0.3) is 5.56 Å². The van der Waals surface area contributed by atoms with Crippen molar-refractivity contribution in [3.63, 3.8) is 0 Å². The van der Waals surface area contributed by atoms with Crippen LogP contribution in [0.4, 0.5) is 0 Å². The van der Waals surface area contributed by atoms with Crippen LogP contribution in [0.2, 0.25) is 0 Å². The molecule has 4 heteroatoms. The highest BCUT2D eigenvalue weighted by molar-refractivity contribution is 5.77. The first-order valence-corrected chi connectivity index (χ1v) is 6.99. The van der Waals surface area contributed by atoms with Crippen LogP contribution in [-0.4, -0.2) is 22.6 Å². The topological polar surface area (TPSA) is 46.9 Å². The number of aryl methyl sites for hydroxylation is 1. The summed E-state index contributed by atoms with van der Waals surface area (Å²) < 4.78 is 2.11. The molecule has 1 aliphatic rings. The van der Waals surface area contributed by atoms with Gasteiger partial charge in [0.15, 0.2) is 0 Å². The average Bonchev–Trinajstić information content (AvgIpc) is 2.48. The van der Waals surface area contributed by atoms with E-state index < -0.39 is 0 Å². The van der Waals surface area contributed by atoms with E-state index in [1.165, 1.54) is 12.8 Å². The molecule has 0 saturated carbocycles. The van der Waals surface area contributed by atoms with Crippen molar-refractivity contribution in [3.05, 3.63) is 40.9 Å². The van der Waals surface area contributed by atoms with E-state index in [1.807, 2.05) is 24.3 Å². The lowest BCUT2D eigenvalue weighted by molar-refractivity contribution is 0.339. The van der Waals surface area contributed by atoms with Crippen molar-refractivity contribution in [2.75, 3.05) is 13.1 Å². The van der Waals surface area contributed by atoms with Crippen molar-refractivity contribution < 1.29 is 0 Å². The fraction of sp³-hybridized carbons (Fsp3) is 0.467. The van der Waals surface area contributed by atoms with Crippen LogP contribution in [0.3, 0.4) is 0 Å². The molecule has 0 atom stereocenters. The zero-order valence-electron chi connectivity index (χ0n) is 11.0. The molecule has 1 N–H and O–H groups in total. The van der Waals surface area contributed by atoms with Crippen LogP contribution in [0.25, 0.3) is 10.9 Å². The first-order chi connectivity index (χ1) is 9.34. The van der Waals surface area contributed by atoms with E-state index in [1.54, 1.807) is 6.33 Å². The Bertz CT molecular complexity index is 614. The smallest absolute Gasteiger partial charge is 0.280 e. The Balaban J connectivity index is 1.81. The summed E-state index contributed by atoms with van der Waals surface area (Å²) in [5.41, 5.74) is 0.866. The van der Waals surface area contributed by atoms with Crippen molar-refractivity contribution in [2.24, 2.45) is 5.92 Å². The summed E-state index contributed by atoms with van der Waals surface area (Å²) in [5.74, 6) is 0.791. The lowest BCUT2D eigenvalue weighted by Crippen LogP contribution is -2.28. The standard InChI is InChI=1S/C15H19N3O/c19-15-13-3-1-2-4-14(13)18(11-17-15)10-7-12-5-8-16-9-6-12/h1-4,11-12,16H,5-10H2. The molecule has 0 unspecified atom stereocenters. The highest BCUT2D eigenvalue weighted by Gasteiger charge is 2.13. The van der Waals surface area contributed by atoms with Crippen LogP contribution in [0.15, 0.2) is 35.4 Å². The first kappa shape index (κ1) is 12.4. The lowest BCUT2D eigenvalue weighted by atomic mass is 9.95. The fourth-order valence-corrected chi connectivity index (χ4v) is 2.83. The van der Waals surface area contributed by atoms with E-state index in [4.69, 9.17) is 0 Å². The number of benzene rings is 1. The van der Waals surface area contributed by atoms with E-state index in [2.05, 4.69) is 14.9 Å². The number of nitrogens with one attached hydrogen (secondary N) is 1. The predicted octanol–water partition coefficient (Wildman–Crippen LogP) is 1.79. The quantitative estimate of drug-likeness (QED) is 0.912. The summed E-state index contributed by atoms with van der Waals surface area (Å²) in [7, 11) is 0. The van der Waals surface area contributed by atoms with E-state index in [0.717, 1.165) is 42.9 Å². The molecule has 0 amide bonds. The Morgan fingerprint density at radius 1 is 1.26 bits per heavy atom. The zero-order chi connectivity index (χ0) is 13.1. The van der Waals surface area contributed by atoms with Crippen LogP contribution in [0, 0.1) is 5.92 Å². The summed E-state index contributed by atoms with van der Waals surface area (Å²) >= 11 is 0. The zero-order valence-corrected chi connectivity index (χ0v) is 11.0. The van der Waals surface area contributed by atoms with Gasteiger partial charge in [-0.15, -0.1) is 0 Å². The molecule has 0 spiro atoms. The van der Waals surface area contributed by atoms with Crippen molar-refractivity contribution in [3.8, 4) is 0 Å². The van der Waals surface area contributed by atoms with Gasteiger partial charge in [-0.1, -0.05) is 12.1 Å². The van der Waals surface area contributed by atoms with Crippen molar-refractivity contribution in [1.82, 2.24) is 14.9 Å². The minimum absolute atomic E-state index is 0.131. The summed E-state index contributed by atoms with van der Waals surface area (Å²) in [6.07, 6.45) is 5.36. The molecule has 1 aromatic carbocycles. The number of para-hydroxylation sites is 1. The molecule has 2 aromatic rings. The second-order valence-corrected chi connectivity index (χ2v) is 5.24. The molecular weight excluding hydrogens is 238 g/mol. The second kappa shape index (κ2) is 5.53. The van der Waals surface area contributed by atoms with Gasteiger partial charge in [-0.05, 0) is 50.4 Å². The maximum Gasteiger partial charge on any atom is 0.280 e. The number of nitrogens with zero attached hydrogens (tertiary/aromatic N) is 2. The molecule has 0 bridgehead atoms. The Labute approximate surface area is 112 Å². The van der Waals surface area contributed by atoms with Crippen LogP contribution in [-0.2, 0) is 6.54 Å². The number of hydrogen-bond donors (Lipinski definition) is 1. The van der Waals surface area contributed by atoms with Gasteiger partial charge in [-0.25, -0.2) is 0 Å². The first-order valence-electron chi connectivity index (χ1n) is 6.99. The molecular formula is C15H19N3O. The second-order valence-electron chi connectivity index (χ2n) is 5.24. The Morgan fingerprint density at radius 2 is 2.05 bits per heavy atom. The minimum atomic E-state index is -0.131. The van der Waals surface area contributed by atoms with Gasteiger partial charge < -0.3 is 9.88 Å². The van der Waals surface area contributed by atoms with E-state index in [0.29, 0.717) is 0 Å². The van der Waals surface area contributed by atoms with E-state index >= 15 is 0 Å². The van der Waals surface area contributed by atoms with Gasteiger partial charge in [0.1, 0.15) is 0 Å². The molecule has 1 aliphatic heterocycles.